The number of carbonyl (C=O) groups is 4. The second-order valence-electron chi connectivity index (χ2n) is 8.76. The van der Waals surface area contributed by atoms with Crippen LogP contribution in [0.25, 0.3) is 0 Å². The fourth-order valence-electron chi connectivity index (χ4n) is 5.40. The van der Waals surface area contributed by atoms with Crippen LogP contribution in [0.1, 0.15) is 32.7 Å². The van der Waals surface area contributed by atoms with Gasteiger partial charge in [0.2, 0.25) is 5.78 Å². The van der Waals surface area contributed by atoms with Crippen molar-refractivity contribution in [1.29, 1.82) is 0 Å². The molecular weight excluding hydrogens is 436 g/mol. The van der Waals surface area contributed by atoms with Gasteiger partial charge < -0.3 is 31.3 Å². The number of aromatic hydroxyl groups is 1. The molecule has 0 saturated heterocycles. The van der Waals surface area contributed by atoms with Crippen molar-refractivity contribution in [2.75, 3.05) is 14.1 Å². The molecule has 0 heterocycles. The number of primary amides is 1. The Morgan fingerprint density at radius 1 is 1.15 bits per heavy atom. The van der Waals surface area contributed by atoms with Crippen LogP contribution in [0.3, 0.4) is 0 Å². The number of Topliss-reactive ketones (excluding diaryl/α,β-unsaturated/α-hetero) is 2. The smallest absolute Gasteiger partial charge is 0.339 e. The molecule has 0 aliphatic heterocycles. The van der Waals surface area contributed by atoms with E-state index < -0.39 is 75.3 Å². The van der Waals surface area contributed by atoms with E-state index in [1.54, 1.807) is 14.1 Å². The second kappa shape index (κ2) is 7.15. The molecular formula is C22H22N2O9. The van der Waals surface area contributed by atoms with Gasteiger partial charge in [0, 0.05) is 11.5 Å². The highest BCUT2D eigenvalue weighted by molar-refractivity contribution is 6.25. The third kappa shape index (κ3) is 2.82. The second-order valence-corrected chi connectivity index (χ2v) is 8.76. The van der Waals surface area contributed by atoms with Gasteiger partial charge in [0.25, 0.3) is 5.91 Å². The molecule has 0 saturated carbocycles. The lowest BCUT2D eigenvalue weighted by Crippen LogP contribution is -2.63. The number of carboxylic acids is 1. The number of ketones is 2. The maximum atomic E-state index is 13.3. The fourth-order valence-corrected chi connectivity index (χ4v) is 5.40. The highest BCUT2D eigenvalue weighted by Crippen LogP contribution is 2.52. The van der Waals surface area contributed by atoms with Crippen LogP contribution in [-0.4, -0.2) is 79.6 Å². The van der Waals surface area contributed by atoms with Crippen molar-refractivity contribution in [2.24, 2.45) is 17.6 Å². The van der Waals surface area contributed by atoms with Gasteiger partial charge in [0.05, 0.1) is 11.6 Å². The van der Waals surface area contributed by atoms with Gasteiger partial charge in [0.1, 0.15) is 28.4 Å². The number of amides is 1. The Morgan fingerprint density at radius 3 is 2.33 bits per heavy atom. The molecule has 1 aromatic carbocycles. The molecule has 4 rings (SSSR count). The first-order valence-electron chi connectivity index (χ1n) is 10.1. The third-order valence-corrected chi connectivity index (χ3v) is 6.83. The molecule has 33 heavy (non-hydrogen) atoms. The van der Waals surface area contributed by atoms with Crippen LogP contribution in [0, 0.1) is 11.8 Å². The summed E-state index contributed by atoms with van der Waals surface area (Å²) in [7, 11) is 3.08. The van der Waals surface area contributed by atoms with Crippen LogP contribution in [0.4, 0.5) is 0 Å². The number of rotatable bonds is 3. The molecule has 0 spiro atoms. The average Bonchev–Trinajstić information content (AvgIpc) is 2.70. The number of nitrogens with zero attached hydrogens (tertiary/aromatic N) is 1. The monoisotopic (exact) mass is 458 g/mol. The highest BCUT2D eigenvalue weighted by atomic mass is 16.4. The number of nitrogens with two attached hydrogens (primary N) is 1. The highest BCUT2D eigenvalue weighted by Gasteiger charge is 2.63. The predicted octanol–water partition coefficient (Wildman–Crippen LogP) is -0.181. The van der Waals surface area contributed by atoms with Crippen molar-refractivity contribution in [3.05, 3.63) is 51.5 Å². The zero-order valence-electron chi connectivity index (χ0n) is 17.7. The summed E-state index contributed by atoms with van der Waals surface area (Å²) in [5, 5.41) is 52.9. The largest absolute Gasteiger partial charge is 0.510 e. The van der Waals surface area contributed by atoms with E-state index >= 15 is 0 Å². The maximum absolute atomic E-state index is 13.3. The van der Waals surface area contributed by atoms with E-state index in [-0.39, 0.29) is 24.0 Å². The van der Waals surface area contributed by atoms with Crippen LogP contribution in [0.5, 0.6) is 5.75 Å². The number of likely N-dealkylation sites (N-methyl/N-ethyl adjacent to an activating group) is 1. The lowest BCUT2D eigenvalue weighted by Gasteiger charge is -2.50. The van der Waals surface area contributed by atoms with Gasteiger partial charge in [-0.25, -0.2) is 4.79 Å². The number of aromatic carboxylic acids is 1. The van der Waals surface area contributed by atoms with E-state index in [2.05, 4.69) is 0 Å². The Kier molecular flexibility index (Phi) is 4.88. The molecule has 4 atom stereocenters. The van der Waals surface area contributed by atoms with E-state index in [1.807, 2.05) is 0 Å². The standard InChI is InChI=1S/C22H22N2O9/c1-24(2)14-10-6-8-5-7-3-4-9(21(31)32)15(25)11(7)16(26)12(8)18(28)22(10,33)19(29)13(17(14)27)20(23)30/h3-4,8,10,14,25,27-28,33H,5-6H2,1-2H3,(H2,23,30)(H,31,32)/t8-,10-,14-,22-/m0/s1. The van der Waals surface area contributed by atoms with E-state index in [0.717, 1.165) is 6.07 Å². The van der Waals surface area contributed by atoms with Gasteiger partial charge in [-0.2, -0.15) is 0 Å². The third-order valence-electron chi connectivity index (χ3n) is 6.83. The Bertz CT molecular complexity index is 1210. The Morgan fingerprint density at radius 2 is 1.79 bits per heavy atom. The van der Waals surface area contributed by atoms with Crippen LogP contribution < -0.4 is 5.73 Å². The lowest BCUT2D eigenvalue weighted by atomic mass is 9.58. The van der Waals surface area contributed by atoms with Crippen LogP contribution in [-0.2, 0) is 16.0 Å². The lowest BCUT2D eigenvalue weighted by molar-refractivity contribution is -0.148. The van der Waals surface area contributed by atoms with Crippen molar-refractivity contribution >= 4 is 23.4 Å². The molecule has 11 heteroatoms. The summed E-state index contributed by atoms with van der Waals surface area (Å²) in [5.74, 6) is -9.27. The summed E-state index contributed by atoms with van der Waals surface area (Å²) < 4.78 is 0. The predicted molar refractivity (Wildman–Crippen MR) is 111 cm³/mol. The molecule has 7 N–H and O–H groups in total. The van der Waals surface area contributed by atoms with Gasteiger partial charge >= 0.3 is 5.97 Å². The molecule has 1 amide bonds. The molecule has 174 valence electrons. The van der Waals surface area contributed by atoms with Crippen LogP contribution in [0.15, 0.2) is 34.8 Å². The van der Waals surface area contributed by atoms with Gasteiger partial charge in [-0.15, -0.1) is 0 Å². The zero-order chi connectivity index (χ0) is 24.6. The summed E-state index contributed by atoms with van der Waals surface area (Å²) in [6, 6.07) is 1.49. The zero-order valence-corrected chi connectivity index (χ0v) is 17.7. The van der Waals surface area contributed by atoms with E-state index in [0.29, 0.717) is 5.56 Å². The molecule has 3 aliphatic rings. The van der Waals surface area contributed by atoms with Crippen molar-refractivity contribution in [3.63, 3.8) is 0 Å². The fraction of sp³-hybridized carbons (Fsp3) is 0.364. The summed E-state index contributed by atoms with van der Waals surface area (Å²) in [6.07, 6.45) is 0.0647. The van der Waals surface area contributed by atoms with Crippen molar-refractivity contribution in [2.45, 2.75) is 24.5 Å². The SMILES string of the molecule is CN(C)[C@@H]1C(O)=C(C(N)=O)C(=O)[C@@]2(O)C(O)=C3C(=O)c4c(ccc(C(=O)O)c4O)C[C@H]3C[C@@H]12. The first-order chi connectivity index (χ1) is 15.3. The van der Waals surface area contributed by atoms with E-state index in [1.165, 1.54) is 11.0 Å². The van der Waals surface area contributed by atoms with Gasteiger partial charge in [-0.1, -0.05) is 6.07 Å². The quantitative estimate of drug-likeness (QED) is 0.330. The van der Waals surface area contributed by atoms with Gasteiger partial charge in [-0.3, -0.25) is 19.3 Å². The number of hydrogen-bond donors (Lipinski definition) is 6. The summed E-state index contributed by atoms with van der Waals surface area (Å²) in [6.45, 7) is 0. The topological polar surface area (TPSA) is 199 Å². The van der Waals surface area contributed by atoms with Crippen molar-refractivity contribution in [3.8, 4) is 5.75 Å². The first-order valence-corrected chi connectivity index (χ1v) is 10.1. The number of carboxylic acid groups (broad SMARTS) is 1. The molecule has 0 bridgehead atoms. The minimum absolute atomic E-state index is 0.0345. The van der Waals surface area contributed by atoms with Gasteiger partial charge in [-0.05, 0) is 44.5 Å². The van der Waals surface area contributed by atoms with Crippen molar-refractivity contribution < 1.29 is 44.7 Å². The molecule has 0 radical (unpaired) electrons. The molecule has 1 aromatic rings. The minimum Gasteiger partial charge on any atom is -0.510 e. The number of allylic oxidation sites excluding steroid dienone is 1. The number of benzene rings is 1. The molecule has 0 aromatic heterocycles. The number of fused-ring (bicyclic) bond motifs is 3. The van der Waals surface area contributed by atoms with E-state index in [9.17, 15) is 44.7 Å². The number of aliphatic hydroxyl groups excluding tert-OH is 2. The normalized spacial score (nSPS) is 29.0. The van der Waals surface area contributed by atoms with Crippen molar-refractivity contribution in [1.82, 2.24) is 4.90 Å². The summed E-state index contributed by atoms with van der Waals surface area (Å²) in [4.78, 5) is 51.2. The number of aliphatic hydroxyl groups is 3. The summed E-state index contributed by atoms with van der Waals surface area (Å²) >= 11 is 0. The maximum Gasteiger partial charge on any atom is 0.339 e. The number of phenols is 1. The van der Waals surface area contributed by atoms with E-state index in [4.69, 9.17) is 5.73 Å². The molecule has 0 unspecified atom stereocenters. The molecule has 0 fully saturated rings. The average molecular weight is 458 g/mol. The Balaban J connectivity index is 1.96. The Labute approximate surface area is 187 Å². The number of carbonyl (C=O) groups excluding carboxylic acids is 3. The molecule has 11 nitrogen and oxygen atoms in total. The molecule has 3 aliphatic carbocycles. The van der Waals surface area contributed by atoms with Crippen LogP contribution in [0.2, 0.25) is 0 Å². The van der Waals surface area contributed by atoms with Gasteiger partial charge in [0.15, 0.2) is 11.4 Å². The Hall–Kier alpha value is -3.70. The van der Waals surface area contributed by atoms with Crippen LogP contribution >= 0.6 is 0 Å². The summed E-state index contributed by atoms with van der Waals surface area (Å²) in [5.41, 5.74) is 0.793. The minimum atomic E-state index is -2.73. The first kappa shape index (κ1) is 22.5. The number of hydrogen-bond acceptors (Lipinski definition) is 9.